The van der Waals surface area contributed by atoms with Crippen molar-refractivity contribution in [3.8, 4) is 11.3 Å². The van der Waals surface area contributed by atoms with Crippen molar-refractivity contribution in [1.82, 2.24) is 14.9 Å². The Hall–Kier alpha value is -2.27. The average molecular weight is 311 g/mol. The van der Waals surface area contributed by atoms with Crippen LogP contribution in [0.3, 0.4) is 0 Å². The molecule has 3 rings (SSSR count). The van der Waals surface area contributed by atoms with Crippen LogP contribution in [0.4, 0.5) is 0 Å². The molecule has 120 valence electrons. The second-order valence-electron chi connectivity index (χ2n) is 6.17. The number of aromatic carboxylic acids is 1. The Bertz CT molecular complexity index is 715. The molecule has 0 spiro atoms. The summed E-state index contributed by atoms with van der Waals surface area (Å²) in [7, 11) is 0. The zero-order valence-electron chi connectivity index (χ0n) is 13.4. The number of nitrogens with zero attached hydrogens (tertiary/aromatic N) is 3. The van der Waals surface area contributed by atoms with Crippen LogP contribution in [0.25, 0.3) is 11.3 Å². The maximum absolute atomic E-state index is 11.4. The Labute approximate surface area is 136 Å². The lowest BCUT2D eigenvalue weighted by molar-refractivity contribution is 0.0697. The number of carboxylic acid groups (broad SMARTS) is 1. The van der Waals surface area contributed by atoms with Gasteiger partial charge in [-0.1, -0.05) is 18.2 Å². The molecule has 2 heterocycles. The van der Waals surface area contributed by atoms with Gasteiger partial charge in [-0.15, -0.1) is 0 Å². The second kappa shape index (κ2) is 6.46. The number of rotatable bonds is 4. The summed E-state index contributed by atoms with van der Waals surface area (Å²) in [6.45, 7) is 5.45. The zero-order chi connectivity index (χ0) is 16.4. The van der Waals surface area contributed by atoms with Crippen LogP contribution in [0.5, 0.6) is 0 Å². The van der Waals surface area contributed by atoms with Gasteiger partial charge in [-0.3, -0.25) is 9.88 Å². The summed E-state index contributed by atoms with van der Waals surface area (Å²) in [6.07, 6.45) is 5.66. The van der Waals surface area contributed by atoms with Crippen molar-refractivity contribution < 1.29 is 9.90 Å². The average Bonchev–Trinajstić information content (AvgIpc) is 3.05. The molecule has 2 aromatic rings. The van der Waals surface area contributed by atoms with E-state index in [9.17, 15) is 9.90 Å². The summed E-state index contributed by atoms with van der Waals surface area (Å²) in [4.78, 5) is 22.9. The van der Waals surface area contributed by atoms with Crippen LogP contribution in [0, 0.1) is 0 Å². The first-order chi connectivity index (χ1) is 11.1. The van der Waals surface area contributed by atoms with Gasteiger partial charge in [0.15, 0.2) is 0 Å². The first-order valence-electron chi connectivity index (χ1n) is 7.98. The van der Waals surface area contributed by atoms with Crippen LogP contribution in [0.2, 0.25) is 0 Å². The zero-order valence-corrected chi connectivity index (χ0v) is 13.4. The number of hydrogen-bond acceptors (Lipinski definition) is 4. The highest BCUT2D eigenvalue weighted by Crippen LogP contribution is 2.33. The Balaban J connectivity index is 2.00. The highest BCUT2D eigenvalue weighted by Gasteiger charge is 2.29. The molecule has 1 aliphatic rings. The molecular weight excluding hydrogens is 290 g/mol. The Kier molecular flexibility index (Phi) is 4.39. The summed E-state index contributed by atoms with van der Waals surface area (Å²) in [5.41, 5.74) is 2.42. The summed E-state index contributed by atoms with van der Waals surface area (Å²) >= 11 is 0. The predicted molar refractivity (Wildman–Crippen MR) is 88.2 cm³/mol. The van der Waals surface area contributed by atoms with Gasteiger partial charge < -0.3 is 5.11 Å². The summed E-state index contributed by atoms with van der Waals surface area (Å²) in [5.74, 6) is -0.947. The SMILES string of the molecule is CC(C)N1CCCC1c1cncc(-c2ccccc2C(=O)O)n1. The first-order valence-corrected chi connectivity index (χ1v) is 7.98. The number of benzene rings is 1. The number of carbonyl (C=O) groups is 1. The van der Waals surface area contributed by atoms with E-state index in [1.165, 1.54) is 0 Å². The van der Waals surface area contributed by atoms with E-state index in [0.717, 1.165) is 25.1 Å². The van der Waals surface area contributed by atoms with Crippen molar-refractivity contribution >= 4 is 5.97 Å². The van der Waals surface area contributed by atoms with Gasteiger partial charge in [0.05, 0.1) is 35.4 Å². The summed E-state index contributed by atoms with van der Waals surface area (Å²) in [5, 5.41) is 9.37. The molecule has 1 atom stereocenters. The normalized spacial score (nSPS) is 18.5. The monoisotopic (exact) mass is 311 g/mol. The van der Waals surface area contributed by atoms with Crippen molar-refractivity contribution in [1.29, 1.82) is 0 Å². The topological polar surface area (TPSA) is 66.3 Å². The van der Waals surface area contributed by atoms with Gasteiger partial charge in [-0.2, -0.15) is 0 Å². The van der Waals surface area contributed by atoms with E-state index >= 15 is 0 Å². The number of likely N-dealkylation sites (tertiary alicyclic amines) is 1. The lowest BCUT2D eigenvalue weighted by atomic mass is 10.0. The van der Waals surface area contributed by atoms with Gasteiger partial charge in [-0.05, 0) is 39.3 Å². The van der Waals surface area contributed by atoms with Crippen LogP contribution in [-0.2, 0) is 0 Å². The third-order valence-electron chi connectivity index (χ3n) is 4.39. The fourth-order valence-corrected chi connectivity index (χ4v) is 3.29. The summed E-state index contributed by atoms with van der Waals surface area (Å²) in [6, 6.07) is 7.65. The van der Waals surface area contributed by atoms with E-state index in [-0.39, 0.29) is 11.6 Å². The van der Waals surface area contributed by atoms with E-state index in [2.05, 4.69) is 23.7 Å². The molecule has 0 radical (unpaired) electrons. The lowest BCUT2D eigenvalue weighted by Crippen LogP contribution is -2.30. The van der Waals surface area contributed by atoms with Gasteiger partial charge in [-0.25, -0.2) is 9.78 Å². The number of carboxylic acids is 1. The molecule has 1 unspecified atom stereocenters. The van der Waals surface area contributed by atoms with Crippen LogP contribution < -0.4 is 0 Å². The molecular formula is C18H21N3O2. The molecule has 1 N–H and O–H groups in total. The maximum Gasteiger partial charge on any atom is 0.336 e. The highest BCUT2D eigenvalue weighted by atomic mass is 16.4. The third-order valence-corrected chi connectivity index (χ3v) is 4.39. The molecule has 0 saturated carbocycles. The van der Waals surface area contributed by atoms with Crippen molar-refractivity contribution in [2.75, 3.05) is 6.54 Å². The first kappa shape index (κ1) is 15.6. The fourth-order valence-electron chi connectivity index (χ4n) is 3.29. The molecule has 1 fully saturated rings. The van der Waals surface area contributed by atoms with Crippen molar-refractivity contribution in [3.05, 3.63) is 47.9 Å². The molecule has 5 nitrogen and oxygen atoms in total. The van der Waals surface area contributed by atoms with Crippen molar-refractivity contribution in [3.63, 3.8) is 0 Å². The second-order valence-corrected chi connectivity index (χ2v) is 6.17. The minimum Gasteiger partial charge on any atom is -0.478 e. The molecule has 0 bridgehead atoms. The lowest BCUT2D eigenvalue weighted by Gasteiger charge is -2.27. The van der Waals surface area contributed by atoms with E-state index in [1.807, 2.05) is 6.07 Å². The minimum absolute atomic E-state index is 0.256. The van der Waals surface area contributed by atoms with Gasteiger partial charge >= 0.3 is 5.97 Å². The van der Waals surface area contributed by atoms with Crippen LogP contribution in [0.1, 0.15) is 48.8 Å². The maximum atomic E-state index is 11.4. The molecule has 1 aromatic heterocycles. The Morgan fingerprint density at radius 2 is 2.09 bits per heavy atom. The van der Waals surface area contributed by atoms with Crippen molar-refractivity contribution in [2.45, 2.75) is 38.8 Å². The van der Waals surface area contributed by atoms with Gasteiger partial charge in [0.25, 0.3) is 0 Å². The Morgan fingerprint density at radius 1 is 1.30 bits per heavy atom. The van der Waals surface area contributed by atoms with E-state index in [1.54, 1.807) is 30.6 Å². The van der Waals surface area contributed by atoms with E-state index < -0.39 is 5.97 Å². The van der Waals surface area contributed by atoms with Crippen LogP contribution in [0.15, 0.2) is 36.7 Å². The largest absolute Gasteiger partial charge is 0.478 e. The van der Waals surface area contributed by atoms with Crippen molar-refractivity contribution in [2.24, 2.45) is 0 Å². The molecule has 0 aliphatic carbocycles. The molecule has 1 aromatic carbocycles. The van der Waals surface area contributed by atoms with Gasteiger partial charge in [0.1, 0.15) is 0 Å². The molecule has 1 aliphatic heterocycles. The summed E-state index contributed by atoms with van der Waals surface area (Å²) < 4.78 is 0. The standard InChI is InChI=1S/C18H21N3O2/c1-12(2)21-9-5-8-17(21)16-11-19-10-15(20-16)13-6-3-4-7-14(13)18(22)23/h3-4,6-7,10-12,17H,5,8-9H2,1-2H3,(H,22,23). The van der Waals surface area contributed by atoms with E-state index in [4.69, 9.17) is 4.98 Å². The Morgan fingerprint density at radius 3 is 2.83 bits per heavy atom. The number of hydrogen-bond donors (Lipinski definition) is 1. The number of aromatic nitrogens is 2. The van der Waals surface area contributed by atoms with Crippen LogP contribution in [-0.4, -0.2) is 38.5 Å². The highest BCUT2D eigenvalue weighted by molar-refractivity contribution is 5.95. The molecule has 23 heavy (non-hydrogen) atoms. The smallest absolute Gasteiger partial charge is 0.336 e. The van der Waals surface area contributed by atoms with E-state index in [0.29, 0.717) is 17.3 Å². The molecule has 1 saturated heterocycles. The van der Waals surface area contributed by atoms with Crippen LogP contribution >= 0.6 is 0 Å². The molecule has 5 heteroatoms. The van der Waals surface area contributed by atoms with Gasteiger partial charge in [0, 0.05) is 11.6 Å². The van der Waals surface area contributed by atoms with Gasteiger partial charge in [0.2, 0.25) is 0 Å². The fraction of sp³-hybridized carbons (Fsp3) is 0.389. The predicted octanol–water partition coefficient (Wildman–Crippen LogP) is 3.39. The molecule has 0 amide bonds. The minimum atomic E-state index is -0.947. The third kappa shape index (κ3) is 3.10. The quantitative estimate of drug-likeness (QED) is 0.937.